The highest BCUT2D eigenvalue weighted by Gasteiger charge is 2.20. The summed E-state index contributed by atoms with van der Waals surface area (Å²) in [5.41, 5.74) is 1.69. The van der Waals surface area contributed by atoms with Gasteiger partial charge in [0, 0.05) is 11.7 Å². The third-order valence-electron chi connectivity index (χ3n) is 4.39. The van der Waals surface area contributed by atoms with Gasteiger partial charge < -0.3 is 9.64 Å². The first-order valence-corrected chi connectivity index (χ1v) is 9.05. The van der Waals surface area contributed by atoms with E-state index in [1.807, 2.05) is 86.6 Å². The van der Waals surface area contributed by atoms with Crippen LogP contribution in [0.5, 0.6) is 0 Å². The fraction of sp³-hybridized carbons (Fsp3) is 0.217. The van der Waals surface area contributed by atoms with E-state index in [9.17, 15) is 9.59 Å². The van der Waals surface area contributed by atoms with Gasteiger partial charge in [-0.15, -0.1) is 0 Å². The Labute approximate surface area is 159 Å². The standard InChI is InChI=1S/C23H23NO3/c1-17(2)24(20-12-4-3-5-13-20)22(25)16-27-23(26)15-19-11-8-10-18-9-6-7-14-21(18)19/h3-14,17H,15-16H2,1-2H3. The molecule has 0 aromatic heterocycles. The molecule has 4 nitrogen and oxygen atoms in total. The first kappa shape index (κ1) is 18.6. The summed E-state index contributed by atoms with van der Waals surface area (Å²) in [6, 6.07) is 23.1. The second-order valence-electron chi connectivity index (χ2n) is 6.67. The number of carbonyl (C=O) groups excluding carboxylic acids is 2. The fourth-order valence-corrected chi connectivity index (χ4v) is 3.18. The number of ether oxygens (including phenoxy) is 1. The van der Waals surface area contributed by atoms with Gasteiger partial charge in [-0.3, -0.25) is 9.59 Å². The van der Waals surface area contributed by atoms with Gasteiger partial charge in [0.05, 0.1) is 6.42 Å². The summed E-state index contributed by atoms with van der Waals surface area (Å²) in [7, 11) is 0. The number of anilines is 1. The zero-order chi connectivity index (χ0) is 19.2. The van der Waals surface area contributed by atoms with Crippen molar-refractivity contribution in [2.75, 3.05) is 11.5 Å². The molecule has 138 valence electrons. The van der Waals surface area contributed by atoms with Gasteiger partial charge in [-0.1, -0.05) is 60.7 Å². The zero-order valence-corrected chi connectivity index (χ0v) is 15.6. The third kappa shape index (κ3) is 4.53. The number of esters is 1. The number of nitrogens with zero attached hydrogens (tertiary/aromatic N) is 1. The van der Waals surface area contributed by atoms with Gasteiger partial charge in [0.1, 0.15) is 0 Å². The molecule has 0 aliphatic rings. The van der Waals surface area contributed by atoms with Crippen molar-refractivity contribution in [2.24, 2.45) is 0 Å². The minimum Gasteiger partial charge on any atom is -0.455 e. The number of rotatable bonds is 6. The molecule has 0 bridgehead atoms. The maximum Gasteiger partial charge on any atom is 0.310 e. The van der Waals surface area contributed by atoms with Crippen molar-refractivity contribution in [3.05, 3.63) is 78.4 Å². The molecule has 0 atom stereocenters. The molecule has 0 saturated carbocycles. The molecule has 0 fully saturated rings. The van der Waals surface area contributed by atoms with Crippen molar-refractivity contribution >= 4 is 28.3 Å². The van der Waals surface area contributed by atoms with Crippen molar-refractivity contribution in [1.82, 2.24) is 0 Å². The van der Waals surface area contributed by atoms with Crippen LogP contribution in [-0.4, -0.2) is 24.5 Å². The van der Waals surface area contributed by atoms with Crippen LogP contribution in [-0.2, 0) is 20.7 Å². The van der Waals surface area contributed by atoms with Crippen LogP contribution in [0, 0.1) is 0 Å². The van der Waals surface area contributed by atoms with Gasteiger partial charge in [0.2, 0.25) is 0 Å². The molecule has 0 unspecified atom stereocenters. The highest BCUT2D eigenvalue weighted by atomic mass is 16.5. The fourth-order valence-electron chi connectivity index (χ4n) is 3.18. The summed E-state index contributed by atoms with van der Waals surface area (Å²) in [6.07, 6.45) is 0.141. The van der Waals surface area contributed by atoms with Crippen molar-refractivity contribution in [2.45, 2.75) is 26.3 Å². The topological polar surface area (TPSA) is 46.6 Å². The minimum absolute atomic E-state index is 0.0309. The van der Waals surface area contributed by atoms with Crippen LogP contribution in [0.1, 0.15) is 19.4 Å². The molecular formula is C23H23NO3. The second kappa shape index (κ2) is 8.49. The summed E-state index contributed by atoms with van der Waals surface area (Å²) in [6.45, 7) is 3.60. The van der Waals surface area contributed by atoms with Crippen LogP contribution in [0.15, 0.2) is 72.8 Å². The van der Waals surface area contributed by atoms with Crippen molar-refractivity contribution in [3.8, 4) is 0 Å². The van der Waals surface area contributed by atoms with Crippen LogP contribution >= 0.6 is 0 Å². The van der Waals surface area contributed by atoms with E-state index >= 15 is 0 Å². The number of hydrogen-bond acceptors (Lipinski definition) is 3. The number of benzene rings is 3. The molecule has 0 aliphatic heterocycles. The second-order valence-corrected chi connectivity index (χ2v) is 6.67. The van der Waals surface area contributed by atoms with E-state index in [1.165, 1.54) is 0 Å². The normalized spacial score (nSPS) is 10.8. The van der Waals surface area contributed by atoms with Crippen LogP contribution in [0.3, 0.4) is 0 Å². The highest BCUT2D eigenvalue weighted by molar-refractivity contribution is 5.96. The Morgan fingerprint density at radius 3 is 2.30 bits per heavy atom. The SMILES string of the molecule is CC(C)N(C(=O)COC(=O)Cc1cccc2ccccc12)c1ccccc1. The predicted octanol–water partition coefficient (Wildman–Crippen LogP) is 4.37. The van der Waals surface area contributed by atoms with E-state index in [2.05, 4.69) is 0 Å². The largest absolute Gasteiger partial charge is 0.455 e. The summed E-state index contributed by atoms with van der Waals surface area (Å²) in [5, 5.41) is 2.10. The number of fused-ring (bicyclic) bond motifs is 1. The smallest absolute Gasteiger partial charge is 0.310 e. The Hall–Kier alpha value is -3.14. The van der Waals surface area contributed by atoms with E-state index < -0.39 is 5.97 Å². The van der Waals surface area contributed by atoms with Crippen LogP contribution < -0.4 is 4.90 Å². The summed E-state index contributed by atoms with van der Waals surface area (Å²) < 4.78 is 5.28. The minimum atomic E-state index is -0.406. The van der Waals surface area contributed by atoms with Crippen LogP contribution in [0.25, 0.3) is 10.8 Å². The number of hydrogen-bond donors (Lipinski definition) is 0. The lowest BCUT2D eigenvalue weighted by Crippen LogP contribution is -2.40. The van der Waals surface area contributed by atoms with Gasteiger partial charge >= 0.3 is 5.97 Å². The maximum absolute atomic E-state index is 12.6. The molecule has 1 amide bonds. The van der Waals surface area contributed by atoms with E-state index in [0.717, 1.165) is 22.0 Å². The zero-order valence-electron chi connectivity index (χ0n) is 15.6. The molecule has 3 aromatic rings. The molecular weight excluding hydrogens is 338 g/mol. The highest BCUT2D eigenvalue weighted by Crippen LogP contribution is 2.20. The molecule has 3 rings (SSSR count). The summed E-state index contributed by atoms with van der Waals surface area (Å²) in [4.78, 5) is 26.5. The monoisotopic (exact) mass is 361 g/mol. The molecule has 3 aromatic carbocycles. The summed E-state index contributed by atoms with van der Waals surface area (Å²) >= 11 is 0. The van der Waals surface area contributed by atoms with Crippen LogP contribution in [0.4, 0.5) is 5.69 Å². The van der Waals surface area contributed by atoms with Crippen molar-refractivity contribution in [3.63, 3.8) is 0 Å². The predicted molar refractivity (Wildman–Crippen MR) is 108 cm³/mol. The molecule has 27 heavy (non-hydrogen) atoms. The Morgan fingerprint density at radius 2 is 1.56 bits per heavy atom. The lowest BCUT2D eigenvalue weighted by molar-refractivity contribution is -0.147. The van der Waals surface area contributed by atoms with E-state index in [-0.39, 0.29) is 25.0 Å². The molecule has 0 heterocycles. The first-order chi connectivity index (χ1) is 13.1. The molecule has 0 saturated heterocycles. The van der Waals surface area contributed by atoms with Crippen LogP contribution in [0.2, 0.25) is 0 Å². The van der Waals surface area contributed by atoms with Crippen molar-refractivity contribution < 1.29 is 14.3 Å². The summed E-state index contributed by atoms with van der Waals surface area (Å²) in [5.74, 6) is -0.640. The number of carbonyl (C=O) groups is 2. The quantitative estimate of drug-likeness (QED) is 0.613. The Balaban J connectivity index is 1.65. The Morgan fingerprint density at radius 1 is 0.889 bits per heavy atom. The molecule has 0 aliphatic carbocycles. The lowest BCUT2D eigenvalue weighted by Gasteiger charge is -2.26. The van der Waals surface area contributed by atoms with Gasteiger partial charge in [-0.25, -0.2) is 0 Å². The first-order valence-electron chi connectivity index (χ1n) is 9.05. The van der Waals surface area contributed by atoms with Gasteiger partial charge in [-0.2, -0.15) is 0 Å². The van der Waals surface area contributed by atoms with Crippen molar-refractivity contribution in [1.29, 1.82) is 0 Å². The molecule has 0 spiro atoms. The lowest BCUT2D eigenvalue weighted by atomic mass is 10.0. The van der Waals surface area contributed by atoms with E-state index in [4.69, 9.17) is 4.74 Å². The van der Waals surface area contributed by atoms with Gasteiger partial charge in [-0.05, 0) is 42.3 Å². The molecule has 0 N–H and O–H groups in total. The Kier molecular flexibility index (Phi) is 5.87. The number of para-hydroxylation sites is 1. The Bertz CT molecular complexity index is 929. The van der Waals surface area contributed by atoms with E-state index in [0.29, 0.717) is 0 Å². The number of amides is 1. The molecule has 4 heteroatoms. The average molecular weight is 361 g/mol. The van der Waals surface area contributed by atoms with E-state index in [1.54, 1.807) is 4.90 Å². The van der Waals surface area contributed by atoms with Gasteiger partial charge in [0.25, 0.3) is 5.91 Å². The third-order valence-corrected chi connectivity index (χ3v) is 4.39. The average Bonchev–Trinajstić information content (AvgIpc) is 2.67. The maximum atomic E-state index is 12.6. The van der Waals surface area contributed by atoms with Gasteiger partial charge in [0.15, 0.2) is 6.61 Å². The molecule has 0 radical (unpaired) electrons.